The molecule has 1 atom stereocenters. The van der Waals surface area contributed by atoms with Crippen LogP contribution in [0, 0.1) is 11.7 Å². The Morgan fingerprint density at radius 1 is 1.35 bits per heavy atom. The fraction of sp³-hybridized carbons (Fsp3) is 0.385. The van der Waals surface area contributed by atoms with Crippen molar-refractivity contribution in [2.24, 2.45) is 5.92 Å². The highest BCUT2D eigenvalue weighted by molar-refractivity contribution is 5.92. The van der Waals surface area contributed by atoms with Crippen LogP contribution in [0.2, 0.25) is 0 Å². The van der Waals surface area contributed by atoms with Crippen LogP contribution in [0.5, 0.6) is 5.75 Å². The third-order valence-electron chi connectivity index (χ3n) is 2.64. The number of benzene rings is 1. The van der Waals surface area contributed by atoms with E-state index in [1.165, 1.54) is 19.2 Å². The van der Waals surface area contributed by atoms with Gasteiger partial charge in [0.05, 0.1) is 12.8 Å². The van der Waals surface area contributed by atoms with E-state index in [9.17, 15) is 14.0 Å². The normalized spacial score (nSPS) is 11.8. The van der Waals surface area contributed by atoms with E-state index in [-0.39, 0.29) is 11.6 Å². The summed E-state index contributed by atoms with van der Waals surface area (Å²) in [6, 6.07) is 2.01. The topological polar surface area (TPSA) is 87.7 Å². The number of carbonyl (C=O) groups is 2. The fourth-order valence-electron chi connectivity index (χ4n) is 1.54. The van der Waals surface area contributed by atoms with Crippen molar-refractivity contribution < 1.29 is 23.8 Å². The van der Waals surface area contributed by atoms with Crippen LogP contribution in [0.25, 0.3) is 0 Å². The zero-order valence-electron chi connectivity index (χ0n) is 11.4. The number of carboxylic acids is 1. The lowest BCUT2D eigenvalue weighted by Gasteiger charge is -2.18. The van der Waals surface area contributed by atoms with Crippen molar-refractivity contribution in [3.8, 4) is 5.75 Å². The molecule has 110 valence electrons. The number of rotatable bonds is 5. The molecule has 1 aromatic rings. The van der Waals surface area contributed by atoms with Crippen molar-refractivity contribution >= 4 is 17.7 Å². The monoisotopic (exact) mass is 284 g/mol. The van der Waals surface area contributed by atoms with Gasteiger partial charge in [0.2, 0.25) is 0 Å². The Kier molecular flexibility index (Phi) is 5.31. The Hall–Kier alpha value is -2.31. The van der Waals surface area contributed by atoms with Crippen molar-refractivity contribution in [3.63, 3.8) is 0 Å². The van der Waals surface area contributed by atoms with Gasteiger partial charge in [-0.2, -0.15) is 0 Å². The summed E-state index contributed by atoms with van der Waals surface area (Å²) < 4.78 is 18.4. The summed E-state index contributed by atoms with van der Waals surface area (Å²) in [5.74, 6) is -1.72. The van der Waals surface area contributed by atoms with Gasteiger partial charge < -0.3 is 20.5 Å². The molecule has 3 N–H and O–H groups in total. The van der Waals surface area contributed by atoms with E-state index < -0.39 is 23.9 Å². The first-order valence-electron chi connectivity index (χ1n) is 5.99. The van der Waals surface area contributed by atoms with Crippen LogP contribution in [0.15, 0.2) is 18.2 Å². The smallest absolute Gasteiger partial charge is 0.326 e. The van der Waals surface area contributed by atoms with Crippen LogP contribution in [0.4, 0.5) is 14.9 Å². The van der Waals surface area contributed by atoms with Crippen molar-refractivity contribution in [2.45, 2.75) is 19.9 Å². The molecule has 1 unspecified atom stereocenters. The Morgan fingerprint density at radius 2 is 2.00 bits per heavy atom. The quantitative estimate of drug-likeness (QED) is 0.772. The van der Waals surface area contributed by atoms with Gasteiger partial charge in [0.15, 0.2) is 0 Å². The lowest BCUT2D eigenvalue weighted by Crippen LogP contribution is -2.46. The highest BCUT2D eigenvalue weighted by Gasteiger charge is 2.23. The van der Waals surface area contributed by atoms with Crippen LogP contribution in [0.3, 0.4) is 0 Å². The number of hydrogen-bond acceptors (Lipinski definition) is 3. The van der Waals surface area contributed by atoms with Crippen LogP contribution in [-0.2, 0) is 4.79 Å². The highest BCUT2D eigenvalue weighted by Crippen LogP contribution is 2.20. The molecule has 0 fully saturated rings. The number of anilines is 1. The largest absolute Gasteiger partial charge is 0.497 e. The second-order valence-corrected chi connectivity index (χ2v) is 4.50. The first-order valence-corrected chi connectivity index (χ1v) is 5.99. The molecule has 20 heavy (non-hydrogen) atoms. The summed E-state index contributed by atoms with van der Waals surface area (Å²) in [4.78, 5) is 22.7. The van der Waals surface area contributed by atoms with Gasteiger partial charge in [-0.15, -0.1) is 0 Å². The maximum atomic E-state index is 13.5. The number of aliphatic carboxylic acids is 1. The summed E-state index contributed by atoms with van der Waals surface area (Å²) in [7, 11) is 1.41. The van der Waals surface area contributed by atoms with Gasteiger partial charge in [-0.05, 0) is 18.1 Å². The number of hydrogen-bond donors (Lipinski definition) is 3. The molecule has 0 aliphatic heterocycles. The number of nitrogens with one attached hydrogen (secondary N) is 2. The molecule has 0 saturated carbocycles. The molecule has 0 aliphatic carbocycles. The standard InChI is InChI=1S/C13H17FN2O4/c1-7(2)11(12(17)18)16-13(19)15-10-6-8(20-3)4-5-9(10)14/h4-7,11H,1-3H3,(H,17,18)(H2,15,16,19). The molecule has 6 nitrogen and oxygen atoms in total. The summed E-state index contributed by atoms with van der Waals surface area (Å²) >= 11 is 0. The Morgan fingerprint density at radius 3 is 2.50 bits per heavy atom. The average molecular weight is 284 g/mol. The molecule has 1 aromatic carbocycles. The predicted molar refractivity (Wildman–Crippen MR) is 71.4 cm³/mol. The molecule has 1 rings (SSSR count). The van der Waals surface area contributed by atoms with Crippen LogP contribution < -0.4 is 15.4 Å². The first-order chi connectivity index (χ1) is 9.35. The summed E-state index contributed by atoms with van der Waals surface area (Å²) in [5.41, 5.74) is -0.0882. The number of urea groups is 1. The molecule has 7 heteroatoms. The van der Waals surface area contributed by atoms with Crippen molar-refractivity contribution in [3.05, 3.63) is 24.0 Å². The molecule has 0 heterocycles. The first kappa shape index (κ1) is 15.7. The number of carboxylic acid groups (broad SMARTS) is 1. The minimum absolute atomic E-state index is 0.0882. The molecule has 0 spiro atoms. The lowest BCUT2D eigenvalue weighted by atomic mass is 10.1. The lowest BCUT2D eigenvalue weighted by molar-refractivity contribution is -0.140. The Bertz CT molecular complexity index is 505. The van der Waals surface area contributed by atoms with Crippen LogP contribution >= 0.6 is 0 Å². The number of ether oxygens (including phenoxy) is 1. The molecule has 0 aliphatic rings. The van der Waals surface area contributed by atoms with Gasteiger partial charge in [0, 0.05) is 6.07 Å². The highest BCUT2D eigenvalue weighted by atomic mass is 19.1. The van der Waals surface area contributed by atoms with Crippen LogP contribution in [-0.4, -0.2) is 30.3 Å². The van der Waals surface area contributed by atoms with E-state index >= 15 is 0 Å². The third-order valence-corrected chi connectivity index (χ3v) is 2.64. The molecule has 0 saturated heterocycles. The molecular formula is C13H17FN2O4. The molecule has 0 aromatic heterocycles. The number of carbonyl (C=O) groups excluding carboxylic acids is 1. The Labute approximate surface area is 115 Å². The van der Waals surface area contributed by atoms with Gasteiger partial charge >= 0.3 is 12.0 Å². The maximum Gasteiger partial charge on any atom is 0.326 e. The molecular weight excluding hydrogens is 267 g/mol. The van der Waals surface area contributed by atoms with E-state index in [0.717, 1.165) is 6.07 Å². The Balaban J connectivity index is 2.78. The second kappa shape index (κ2) is 6.74. The fourth-order valence-corrected chi connectivity index (χ4v) is 1.54. The third kappa shape index (κ3) is 4.11. The number of methoxy groups -OCH3 is 1. The molecule has 0 radical (unpaired) electrons. The van der Waals surface area contributed by atoms with E-state index in [0.29, 0.717) is 5.75 Å². The summed E-state index contributed by atoms with van der Waals surface area (Å²) in [5, 5.41) is 13.5. The predicted octanol–water partition coefficient (Wildman–Crippen LogP) is 2.06. The molecule has 2 amide bonds. The zero-order chi connectivity index (χ0) is 15.3. The van der Waals surface area contributed by atoms with Gasteiger partial charge in [0.25, 0.3) is 0 Å². The average Bonchev–Trinajstić information content (AvgIpc) is 2.37. The van der Waals surface area contributed by atoms with Crippen molar-refractivity contribution in [2.75, 3.05) is 12.4 Å². The summed E-state index contributed by atoms with van der Waals surface area (Å²) in [6.45, 7) is 3.32. The maximum absolute atomic E-state index is 13.5. The van der Waals surface area contributed by atoms with E-state index in [1.54, 1.807) is 13.8 Å². The number of halogens is 1. The second-order valence-electron chi connectivity index (χ2n) is 4.50. The summed E-state index contributed by atoms with van der Waals surface area (Å²) in [6.07, 6.45) is 0. The van der Waals surface area contributed by atoms with E-state index in [2.05, 4.69) is 10.6 Å². The van der Waals surface area contributed by atoms with Gasteiger partial charge in [-0.25, -0.2) is 14.0 Å². The number of amides is 2. The minimum atomic E-state index is -1.15. The van der Waals surface area contributed by atoms with E-state index in [4.69, 9.17) is 9.84 Å². The van der Waals surface area contributed by atoms with E-state index in [1.807, 2.05) is 0 Å². The minimum Gasteiger partial charge on any atom is -0.497 e. The van der Waals surface area contributed by atoms with Crippen molar-refractivity contribution in [1.29, 1.82) is 0 Å². The van der Waals surface area contributed by atoms with Gasteiger partial charge in [0.1, 0.15) is 17.6 Å². The molecule has 0 bridgehead atoms. The zero-order valence-corrected chi connectivity index (χ0v) is 11.4. The van der Waals surface area contributed by atoms with Crippen molar-refractivity contribution in [1.82, 2.24) is 5.32 Å². The van der Waals surface area contributed by atoms with Crippen LogP contribution in [0.1, 0.15) is 13.8 Å². The SMILES string of the molecule is COc1ccc(F)c(NC(=O)NC(C(=O)O)C(C)C)c1. The van der Waals surface area contributed by atoms with Gasteiger partial charge in [-0.3, -0.25) is 0 Å². The van der Waals surface area contributed by atoms with Gasteiger partial charge in [-0.1, -0.05) is 13.8 Å².